The first-order valence-corrected chi connectivity index (χ1v) is 8.60. The fourth-order valence-electron chi connectivity index (χ4n) is 2.95. The number of urea groups is 1. The van der Waals surface area contributed by atoms with Crippen molar-refractivity contribution in [2.75, 3.05) is 18.7 Å². The monoisotopic (exact) mass is 379 g/mol. The van der Waals surface area contributed by atoms with Gasteiger partial charge in [-0.15, -0.1) is 0 Å². The first-order valence-electron chi connectivity index (χ1n) is 8.60. The Bertz CT molecular complexity index is 1010. The van der Waals surface area contributed by atoms with Gasteiger partial charge in [0, 0.05) is 5.69 Å². The predicted octanol–water partition coefficient (Wildman–Crippen LogP) is 2.26. The quantitative estimate of drug-likeness (QED) is 0.627. The molecule has 0 aromatic heterocycles. The molecule has 4 amide bonds. The summed E-state index contributed by atoms with van der Waals surface area (Å²) in [6.45, 7) is 1.67. The number of rotatable bonds is 4. The summed E-state index contributed by atoms with van der Waals surface area (Å²) in [7, 11) is 0. The van der Waals surface area contributed by atoms with E-state index in [1.807, 2.05) is 19.1 Å². The lowest BCUT2D eigenvalue weighted by molar-refractivity contribution is -0.127. The number of nitrogens with zero attached hydrogens (tertiary/aromatic N) is 1. The van der Waals surface area contributed by atoms with Gasteiger partial charge in [0.1, 0.15) is 12.2 Å². The van der Waals surface area contributed by atoms with Crippen LogP contribution in [0.15, 0.2) is 48.2 Å². The van der Waals surface area contributed by atoms with Gasteiger partial charge in [0.25, 0.3) is 5.91 Å². The average molecular weight is 379 g/mol. The van der Waals surface area contributed by atoms with Crippen LogP contribution in [0.1, 0.15) is 11.1 Å². The maximum Gasteiger partial charge on any atom is 0.329 e. The van der Waals surface area contributed by atoms with Gasteiger partial charge < -0.3 is 20.1 Å². The number of hydrogen-bond donors (Lipinski definition) is 2. The van der Waals surface area contributed by atoms with Crippen LogP contribution in [0.5, 0.6) is 11.5 Å². The van der Waals surface area contributed by atoms with Crippen LogP contribution in [0.4, 0.5) is 10.5 Å². The van der Waals surface area contributed by atoms with Crippen molar-refractivity contribution in [2.45, 2.75) is 6.92 Å². The van der Waals surface area contributed by atoms with Crippen molar-refractivity contribution in [2.24, 2.45) is 0 Å². The normalized spacial score (nSPS) is 16.5. The Hall–Kier alpha value is -3.81. The minimum Gasteiger partial charge on any atom is -0.454 e. The molecule has 2 aliphatic rings. The summed E-state index contributed by atoms with van der Waals surface area (Å²) in [6, 6.07) is 11.8. The summed E-state index contributed by atoms with van der Waals surface area (Å²) >= 11 is 0. The second kappa shape index (κ2) is 7.07. The number of ether oxygens (including phenoxy) is 2. The minimum absolute atomic E-state index is 0.0900. The molecule has 0 radical (unpaired) electrons. The van der Waals surface area contributed by atoms with E-state index in [0.717, 1.165) is 10.5 Å². The Balaban J connectivity index is 1.45. The highest BCUT2D eigenvalue weighted by Gasteiger charge is 2.35. The van der Waals surface area contributed by atoms with E-state index in [2.05, 4.69) is 10.6 Å². The maximum atomic E-state index is 12.5. The molecule has 8 heteroatoms. The fraction of sp³-hybridized carbons (Fsp3) is 0.150. The number of anilines is 1. The lowest BCUT2D eigenvalue weighted by Gasteiger charge is -2.12. The van der Waals surface area contributed by atoms with Crippen molar-refractivity contribution in [1.82, 2.24) is 10.2 Å². The molecule has 0 aliphatic carbocycles. The van der Waals surface area contributed by atoms with Gasteiger partial charge in [-0.3, -0.25) is 9.59 Å². The molecular formula is C20H17N3O5. The Labute approximate surface area is 160 Å². The number of carbonyl (C=O) groups is 3. The molecule has 28 heavy (non-hydrogen) atoms. The molecular weight excluding hydrogens is 362 g/mol. The minimum atomic E-state index is -0.642. The summed E-state index contributed by atoms with van der Waals surface area (Å²) < 4.78 is 10.5. The highest BCUT2D eigenvalue weighted by Crippen LogP contribution is 2.33. The number of amides is 4. The third-order valence-electron chi connectivity index (χ3n) is 4.27. The van der Waals surface area contributed by atoms with Crippen LogP contribution < -0.4 is 20.1 Å². The van der Waals surface area contributed by atoms with Gasteiger partial charge >= 0.3 is 6.03 Å². The maximum absolute atomic E-state index is 12.5. The van der Waals surface area contributed by atoms with Crippen LogP contribution in [-0.2, 0) is 9.59 Å². The lowest BCUT2D eigenvalue weighted by atomic mass is 10.1. The molecule has 4 rings (SSSR count). The van der Waals surface area contributed by atoms with Crippen LogP contribution >= 0.6 is 0 Å². The Kier molecular flexibility index (Phi) is 4.44. The van der Waals surface area contributed by atoms with Gasteiger partial charge in [0.05, 0.1) is 0 Å². The number of fused-ring (bicyclic) bond motifs is 1. The van der Waals surface area contributed by atoms with Crippen molar-refractivity contribution in [1.29, 1.82) is 0 Å². The lowest BCUT2D eigenvalue weighted by Crippen LogP contribution is -2.38. The summed E-state index contributed by atoms with van der Waals surface area (Å²) in [6.07, 6.45) is 1.53. The Morgan fingerprint density at radius 3 is 2.82 bits per heavy atom. The molecule has 0 saturated carbocycles. The zero-order valence-electron chi connectivity index (χ0n) is 15.0. The van der Waals surface area contributed by atoms with Gasteiger partial charge in [0.15, 0.2) is 11.5 Å². The molecule has 2 aliphatic heterocycles. The highest BCUT2D eigenvalue weighted by molar-refractivity contribution is 6.15. The van der Waals surface area contributed by atoms with E-state index < -0.39 is 17.8 Å². The highest BCUT2D eigenvalue weighted by atomic mass is 16.7. The topological polar surface area (TPSA) is 97.0 Å². The molecule has 2 heterocycles. The number of carbonyl (C=O) groups excluding carboxylic acids is 3. The first-order chi connectivity index (χ1) is 13.5. The number of imide groups is 1. The van der Waals surface area contributed by atoms with E-state index in [1.54, 1.807) is 30.3 Å². The molecule has 1 saturated heterocycles. The smallest absolute Gasteiger partial charge is 0.329 e. The van der Waals surface area contributed by atoms with Crippen molar-refractivity contribution in [3.8, 4) is 11.5 Å². The van der Waals surface area contributed by atoms with Gasteiger partial charge in [-0.05, 0) is 48.4 Å². The fourth-order valence-corrected chi connectivity index (χ4v) is 2.95. The molecule has 142 valence electrons. The third-order valence-corrected chi connectivity index (χ3v) is 4.27. The molecule has 2 aromatic rings. The van der Waals surface area contributed by atoms with E-state index >= 15 is 0 Å². The van der Waals surface area contributed by atoms with Crippen molar-refractivity contribution >= 4 is 29.6 Å². The van der Waals surface area contributed by atoms with Crippen LogP contribution in [0.3, 0.4) is 0 Å². The number of nitrogens with one attached hydrogen (secondary N) is 2. The van der Waals surface area contributed by atoms with Gasteiger partial charge in [0.2, 0.25) is 12.7 Å². The molecule has 0 unspecified atom stereocenters. The molecule has 0 spiro atoms. The first kappa shape index (κ1) is 17.6. The predicted molar refractivity (Wildman–Crippen MR) is 101 cm³/mol. The zero-order chi connectivity index (χ0) is 19.7. The summed E-state index contributed by atoms with van der Waals surface area (Å²) in [4.78, 5) is 37.8. The van der Waals surface area contributed by atoms with E-state index in [9.17, 15) is 14.4 Å². The standard InChI is InChI=1S/C20H17N3O5/c1-12-3-2-4-14(7-12)21-18(24)10-23-19(25)15(22-20(23)26)8-13-5-6-16-17(9-13)28-11-27-16/h2-9H,10-11H2,1H3,(H,21,24)(H,22,26)/b15-8+. The van der Waals surface area contributed by atoms with Crippen molar-refractivity contribution < 1.29 is 23.9 Å². The number of hydrogen-bond acceptors (Lipinski definition) is 5. The van der Waals surface area contributed by atoms with Gasteiger partial charge in [-0.1, -0.05) is 18.2 Å². The van der Waals surface area contributed by atoms with Crippen LogP contribution in [-0.4, -0.2) is 36.1 Å². The van der Waals surface area contributed by atoms with Gasteiger partial charge in [-0.2, -0.15) is 0 Å². The molecule has 2 aromatic carbocycles. The van der Waals surface area contributed by atoms with E-state index in [0.29, 0.717) is 22.7 Å². The zero-order valence-corrected chi connectivity index (χ0v) is 15.0. The van der Waals surface area contributed by atoms with Crippen molar-refractivity contribution in [3.63, 3.8) is 0 Å². The van der Waals surface area contributed by atoms with E-state index in [-0.39, 0.29) is 19.0 Å². The van der Waals surface area contributed by atoms with Crippen molar-refractivity contribution in [3.05, 3.63) is 59.3 Å². The molecule has 8 nitrogen and oxygen atoms in total. The SMILES string of the molecule is Cc1cccc(NC(=O)CN2C(=O)N/C(=C/c3ccc4c(c3)OCO4)C2=O)c1. The second-order valence-electron chi connectivity index (χ2n) is 6.41. The second-order valence-corrected chi connectivity index (χ2v) is 6.41. The molecule has 1 fully saturated rings. The van der Waals surface area contributed by atoms with Crippen LogP contribution in [0.25, 0.3) is 6.08 Å². The Morgan fingerprint density at radius 1 is 1.18 bits per heavy atom. The Morgan fingerprint density at radius 2 is 2.00 bits per heavy atom. The number of benzene rings is 2. The largest absolute Gasteiger partial charge is 0.454 e. The molecule has 2 N–H and O–H groups in total. The number of aryl methyl sites for hydroxylation is 1. The molecule has 0 bridgehead atoms. The summed E-state index contributed by atoms with van der Waals surface area (Å²) in [5.74, 6) is 0.166. The molecule has 0 atom stereocenters. The summed E-state index contributed by atoms with van der Waals surface area (Å²) in [5, 5.41) is 5.18. The van der Waals surface area contributed by atoms with E-state index in [4.69, 9.17) is 9.47 Å². The van der Waals surface area contributed by atoms with Gasteiger partial charge in [-0.25, -0.2) is 9.69 Å². The summed E-state index contributed by atoms with van der Waals surface area (Å²) in [5.41, 5.74) is 2.35. The third kappa shape index (κ3) is 3.52. The van der Waals surface area contributed by atoms with Crippen LogP contribution in [0.2, 0.25) is 0 Å². The van der Waals surface area contributed by atoms with Crippen LogP contribution in [0, 0.1) is 6.92 Å². The average Bonchev–Trinajstić information content (AvgIpc) is 3.21. The van der Waals surface area contributed by atoms with E-state index in [1.165, 1.54) is 6.08 Å².